The van der Waals surface area contributed by atoms with Gasteiger partial charge in [-0.2, -0.15) is 18.3 Å². The number of carbonyl (C=O) groups excluding carboxylic acids is 1. The molecule has 1 N–H and O–H groups in total. The first-order valence-corrected chi connectivity index (χ1v) is 8.06. The van der Waals surface area contributed by atoms with Crippen molar-refractivity contribution in [1.29, 1.82) is 0 Å². The van der Waals surface area contributed by atoms with Crippen LogP contribution in [0.25, 0.3) is 10.9 Å². The zero-order chi connectivity index (χ0) is 19.6. The zero-order valence-corrected chi connectivity index (χ0v) is 14.3. The molecule has 0 unspecified atom stereocenters. The van der Waals surface area contributed by atoms with E-state index in [0.717, 1.165) is 10.1 Å². The molecule has 1 aromatic carbocycles. The van der Waals surface area contributed by atoms with Crippen LogP contribution in [0.4, 0.5) is 13.2 Å². The zero-order valence-electron chi connectivity index (χ0n) is 14.3. The fraction of sp³-hybridized carbons (Fsp3) is 0.294. The van der Waals surface area contributed by atoms with Crippen LogP contribution >= 0.6 is 0 Å². The molecule has 0 bridgehead atoms. The monoisotopic (exact) mass is 379 g/mol. The van der Waals surface area contributed by atoms with Crippen molar-refractivity contribution in [2.75, 3.05) is 6.54 Å². The molecule has 7 nitrogen and oxygen atoms in total. The summed E-state index contributed by atoms with van der Waals surface area (Å²) in [4.78, 5) is 27.7. The SMILES string of the molecule is Cc1ccc2c(c1)c(=O)cc(C(F)(F)F)n2CCNC(=O)Cn1cncn1. The number of halogens is 3. The number of hydrogen-bond acceptors (Lipinski definition) is 4. The molecule has 10 heteroatoms. The quantitative estimate of drug-likeness (QED) is 0.732. The molecule has 0 aliphatic carbocycles. The maximum Gasteiger partial charge on any atom is 0.431 e. The molecule has 0 atom stereocenters. The van der Waals surface area contributed by atoms with Gasteiger partial charge < -0.3 is 9.88 Å². The molecule has 0 aliphatic heterocycles. The molecular weight excluding hydrogens is 363 g/mol. The number of aromatic nitrogens is 4. The minimum absolute atomic E-state index is 0.0392. The van der Waals surface area contributed by atoms with Crippen LogP contribution in [0.3, 0.4) is 0 Å². The first-order chi connectivity index (χ1) is 12.8. The molecule has 0 fully saturated rings. The van der Waals surface area contributed by atoms with Gasteiger partial charge >= 0.3 is 6.18 Å². The highest BCUT2D eigenvalue weighted by molar-refractivity contribution is 5.80. The fourth-order valence-corrected chi connectivity index (χ4v) is 2.79. The Morgan fingerprint density at radius 3 is 2.70 bits per heavy atom. The molecule has 27 heavy (non-hydrogen) atoms. The van der Waals surface area contributed by atoms with Crippen LogP contribution in [-0.2, 0) is 24.1 Å². The average Bonchev–Trinajstić information content (AvgIpc) is 3.08. The van der Waals surface area contributed by atoms with Crippen LogP contribution in [0.2, 0.25) is 0 Å². The summed E-state index contributed by atoms with van der Waals surface area (Å²) < 4.78 is 42.5. The van der Waals surface area contributed by atoms with E-state index in [1.807, 2.05) is 0 Å². The van der Waals surface area contributed by atoms with E-state index in [4.69, 9.17) is 0 Å². The van der Waals surface area contributed by atoms with E-state index in [2.05, 4.69) is 15.4 Å². The third-order valence-electron chi connectivity index (χ3n) is 3.99. The number of pyridine rings is 1. The normalized spacial score (nSPS) is 11.7. The number of hydrogen-bond donors (Lipinski definition) is 1. The number of alkyl halides is 3. The minimum atomic E-state index is -4.69. The average molecular weight is 379 g/mol. The number of fused-ring (bicyclic) bond motifs is 1. The van der Waals surface area contributed by atoms with Gasteiger partial charge in [-0.05, 0) is 19.1 Å². The predicted molar refractivity (Wildman–Crippen MR) is 91.0 cm³/mol. The van der Waals surface area contributed by atoms with Crippen molar-refractivity contribution < 1.29 is 18.0 Å². The fourth-order valence-electron chi connectivity index (χ4n) is 2.79. The van der Waals surface area contributed by atoms with E-state index in [1.165, 1.54) is 23.4 Å². The van der Waals surface area contributed by atoms with E-state index in [1.54, 1.807) is 19.1 Å². The van der Waals surface area contributed by atoms with Gasteiger partial charge in [0.2, 0.25) is 5.91 Å². The standard InChI is InChI=1S/C17H16F3N5O2/c1-11-2-3-13-12(6-11)14(26)7-15(17(18,19)20)25(13)5-4-22-16(27)8-24-10-21-9-23-24/h2-3,6-7,9-10H,4-5,8H2,1H3,(H,22,27). The lowest BCUT2D eigenvalue weighted by Gasteiger charge is -2.19. The number of aryl methyl sites for hydroxylation is 1. The Labute approximate surface area is 151 Å². The van der Waals surface area contributed by atoms with Gasteiger partial charge in [0, 0.05) is 24.5 Å². The Hall–Kier alpha value is -3.17. The van der Waals surface area contributed by atoms with Crippen LogP contribution in [0, 0.1) is 6.92 Å². The summed E-state index contributed by atoms with van der Waals surface area (Å²) in [5.74, 6) is -0.407. The van der Waals surface area contributed by atoms with E-state index < -0.39 is 23.2 Å². The number of benzene rings is 1. The smallest absolute Gasteiger partial charge is 0.353 e. The van der Waals surface area contributed by atoms with Gasteiger partial charge in [0.05, 0.1) is 5.52 Å². The van der Waals surface area contributed by atoms with Crippen LogP contribution in [0.1, 0.15) is 11.3 Å². The topological polar surface area (TPSA) is 81.8 Å². The van der Waals surface area contributed by atoms with Crippen molar-refractivity contribution in [2.45, 2.75) is 26.2 Å². The molecule has 0 aliphatic rings. The second-order valence-electron chi connectivity index (χ2n) is 6.01. The predicted octanol–water partition coefficient (Wildman–Crippen LogP) is 1.74. The number of rotatable bonds is 5. The lowest BCUT2D eigenvalue weighted by Crippen LogP contribution is -2.32. The molecule has 142 valence electrons. The molecular formula is C17H16F3N5O2. The Balaban J connectivity index is 1.86. The number of carbonyl (C=O) groups is 1. The van der Waals surface area contributed by atoms with Gasteiger partial charge in [-0.3, -0.25) is 9.59 Å². The van der Waals surface area contributed by atoms with Crippen LogP contribution in [0.15, 0.2) is 41.7 Å². The number of nitrogens with zero attached hydrogens (tertiary/aromatic N) is 4. The molecule has 0 saturated heterocycles. The summed E-state index contributed by atoms with van der Waals surface area (Å²) in [6, 6.07) is 5.27. The van der Waals surface area contributed by atoms with Gasteiger partial charge in [0.15, 0.2) is 5.43 Å². The van der Waals surface area contributed by atoms with Crippen LogP contribution < -0.4 is 10.7 Å². The van der Waals surface area contributed by atoms with Gasteiger partial charge in [0.1, 0.15) is 24.9 Å². The van der Waals surface area contributed by atoms with Crippen molar-refractivity contribution >= 4 is 16.8 Å². The number of amides is 1. The highest BCUT2D eigenvalue weighted by Gasteiger charge is 2.35. The number of nitrogens with one attached hydrogen (secondary N) is 1. The maximum absolute atomic E-state index is 13.4. The first-order valence-electron chi connectivity index (χ1n) is 8.06. The van der Waals surface area contributed by atoms with E-state index in [0.29, 0.717) is 6.07 Å². The Kier molecular flexibility index (Phi) is 4.98. The highest BCUT2D eigenvalue weighted by Crippen LogP contribution is 2.30. The molecule has 1 amide bonds. The summed E-state index contributed by atoms with van der Waals surface area (Å²) in [6.07, 6.45) is -2.06. The highest BCUT2D eigenvalue weighted by atomic mass is 19.4. The second-order valence-corrected chi connectivity index (χ2v) is 6.01. The van der Waals surface area contributed by atoms with Gasteiger partial charge in [-0.1, -0.05) is 11.6 Å². The lowest BCUT2D eigenvalue weighted by molar-refractivity contribution is -0.143. The van der Waals surface area contributed by atoms with E-state index in [9.17, 15) is 22.8 Å². The largest absolute Gasteiger partial charge is 0.431 e. The summed E-state index contributed by atoms with van der Waals surface area (Å²) in [6.45, 7) is 1.49. The lowest BCUT2D eigenvalue weighted by atomic mass is 10.1. The molecule has 3 rings (SSSR count). The van der Waals surface area contributed by atoms with Gasteiger partial charge in [-0.25, -0.2) is 9.67 Å². The Bertz CT molecular complexity index is 1030. The van der Waals surface area contributed by atoms with Gasteiger partial charge in [-0.15, -0.1) is 0 Å². The third-order valence-corrected chi connectivity index (χ3v) is 3.99. The van der Waals surface area contributed by atoms with Crippen LogP contribution in [-0.4, -0.2) is 31.8 Å². The van der Waals surface area contributed by atoms with Crippen molar-refractivity contribution in [3.63, 3.8) is 0 Å². The molecule has 0 saturated carbocycles. The van der Waals surface area contributed by atoms with E-state index in [-0.39, 0.29) is 30.5 Å². The second kappa shape index (κ2) is 7.22. The summed E-state index contributed by atoms with van der Waals surface area (Å²) >= 11 is 0. The first kappa shape index (κ1) is 18.6. The summed E-state index contributed by atoms with van der Waals surface area (Å²) in [5, 5.41) is 6.53. The summed E-state index contributed by atoms with van der Waals surface area (Å²) in [7, 11) is 0. The minimum Gasteiger partial charge on any atom is -0.353 e. The van der Waals surface area contributed by atoms with E-state index >= 15 is 0 Å². The third kappa shape index (κ3) is 4.15. The van der Waals surface area contributed by atoms with Crippen molar-refractivity contribution in [2.24, 2.45) is 0 Å². The van der Waals surface area contributed by atoms with Gasteiger partial charge in [0.25, 0.3) is 0 Å². The molecule has 3 aromatic rings. The van der Waals surface area contributed by atoms with Crippen molar-refractivity contribution in [1.82, 2.24) is 24.6 Å². The molecule has 0 radical (unpaired) electrons. The Morgan fingerprint density at radius 2 is 2.04 bits per heavy atom. The molecule has 2 aromatic heterocycles. The maximum atomic E-state index is 13.4. The molecule has 0 spiro atoms. The van der Waals surface area contributed by atoms with Crippen molar-refractivity contribution in [3.05, 3.63) is 58.4 Å². The molecule has 2 heterocycles. The Morgan fingerprint density at radius 1 is 1.26 bits per heavy atom. The summed E-state index contributed by atoms with van der Waals surface area (Å²) in [5.41, 5.74) is -0.792. The van der Waals surface area contributed by atoms with Crippen LogP contribution in [0.5, 0.6) is 0 Å². The van der Waals surface area contributed by atoms with Crippen molar-refractivity contribution in [3.8, 4) is 0 Å².